The van der Waals surface area contributed by atoms with Crippen LogP contribution in [0.15, 0.2) is 47.8 Å². The summed E-state index contributed by atoms with van der Waals surface area (Å²) in [4.78, 5) is 7.50. The Kier molecular flexibility index (Phi) is 2.92. The molecule has 1 heterocycles. The maximum absolute atomic E-state index is 11.9. The molecule has 1 aromatic heterocycles. The van der Waals surface area contributed by atoms with Gasteiger partial charge in [0.2, 0.25) is 0 Å². The summed E-state index contributed by atoms with van der Waals surface area (Å²) in [5.74, 6) is 0.00265. The normalized spacial score (nSPS) is 11.1. The van der Waals surface area contributed by atoms with E-state index in [-0.39, 0.29) is 16.5 Å². The van der Waals surface area contributed by atoms with Gasteiger partial charge in [0.1, 0.15) is 5.75 Å². The first kappa shape index (κ1) is 11.3. The molecule has 17 heavy (non-hydrogen) atoms. The second-order valence-electron chi connectivity index (χ2n) is 3.19. The molecule has 2 aromatic rings. The number of hydrogen-bond donors (Lipinski definition) is 2. The Balaban J connectivity index is 2.32. The van der Waals surface area contributed by atoms with Gasteiger partial charge in [0, 0.05) is 18.5 Å². The minimum Gasteiger partial charge on any atom is -0.508 e. The summed E-state index contributed by atoms with van der Waals surface area (Å²) in [5, 5.41) is 9.22. The third kappa shape index (κ3) is 2.70. The average molecular weight is 251 g/mol. The number of rotatable bonds is 3. The Morgan fingerprint density at radius 1 is 1.24 bits per heavy atom. The van der Waals surface area contributed by atoms with Crippen LogP contribution >= 0.6 is 0 Å². The van der Waals surface area contributed by atoms with Gasteiger partial charge in [-0.25, -0.2) is 13.4 Å². The SMILES string of the molecule is O=S(=O)(Nc1cnccn1)c1cccc(O)c1. The monoisotopic (exact) mass is 251 g/mol. The maximum atomic E-state index is 11.9. The molecule has 1 aromatic carbocycles. The highest BCUT2D eigenvalue weighted by Gasteiger charge is 2.14. The number of aromatic hydroxyl groups is 1. The van der Waals surface area contributed by atoms with E-state index in [9.17, 15) is 13.5 Å². The molecule has 0 aliphatic carbocycles. The largest absolute Gasteiger partial charge is 0.508 e. The molecule has 0 bridgehead atoms. The van der Waals surface area contributed by atoms with Gasteiger partial charge in [0.25, 0.3) is 10.0 Å². The summed E-state index contributed by atoms with van der Waals surface area (Å²) in [5.41, 5.74) is 0. The number of benzene rings is 1. The summed E-state index contributed by atoms with van der Waals surface area (Å²) in [7, 11) is -3.75. The number of anilines is 1. The number of hydrogen-bond acceptors (Lipinski definition) is 5. The van der Waals surface area contributed by atoms with Crippen LogP contribution in [0.4, 0.5) is 5.82 Å². The predicted octanol–water partition coefficient (Wildman–Crippen LogP) is 0.983. The smallest absolute Gasteiger partial charge is 0.263 e. The third-order valence-electron chi connectivity index (χ3n) is 1.93. The summed E-state index contributed by atoms with van der Waals surface area (Å²) >= 11 is 0. The Bertz CT molecular complexity index is 614. The molecule has 0 spiro atoms. The van der Waals surface area contributed by atoms with Crippen LogP contribution in [0.5, 0.6) is 5.75 Å². The van der Waals surface area contributed by atoms with Crippen molar-refractivity contribution in [1.29, 1.82) is 0 Å². The van der Waals surface area contributed by atoms with Crippen LogP contribution in [0.3, 0.4) is 0 Å². The fraction of sp³-hybridized carbons (Fsp3) is 0. The summed E-state index contributed by atoms with van der Waals surface area (Å²) < 4.78 is 26.0. The lowest BCUT2D eigenvalue weighted by molar-refractivity contribution is 0.473. The molecular formula is C10H9N3O3S. The first-order valence-electron chi connectivity index (χ1n) is 4.66. The number of phenolic OH excluding ortho intramolecular Hbond substituents is 1. The molecule has 0 radical (unpaired) electrons. The molecule has 0 atom stereocenters. The molecule has 2 rings (SSSR count). The zero-order chi connectivity index (χ0) is 12.3. The third-order valence-corrected chi connectivity index (χ3v) is 3.28. The van der Waals surface area contributed by atoms with E-state index in [1.165, 1.54) is 36.8 Å². The first-order chi connectivity index (χ1) is 8.08. The first-order valence-corrected chi connectivity index (χ1v) is 6.14. The second kappa shape index (κ2) is 4.38. The van der Waals surface area contributed by atoms with Crippen LogP contribution in [0.25, 0.3) is 0 Å². The minimum absolute atomic E-state index is 0.0387. The van der Waals surface area contributed by atoms with Gasteiger partial charge in [-0.1, -0.05) is 6.07 Å². The van der Waals surface area contributed by atoms with Crippen LogP contribution in [-0.4, -0.2) is 23.5 Å². The van der Waals surface area contributed by atoms with Gasteiger partial charge < -0.3 is 5.11 Å². The molecular weight excluding hydrogens is 242 g/mol. The molecule has 0 unspecified atom stereocenters. The molecule has 0 aliphatic heterocycles. The van der Waals surface area contributed by atoms with Crippen LogP contribution < -0.4 is 4.72 Å². The van der Waals surface area contributed by atoms with Crippen molar-refractivity contribution in [1.82, 2.24) is 9.97 Å². The summed E-state index contributed by atoms with van der Waals surface area (Å²) in [6, 6.07) is 5.36. The molecule has 0 fully saturated rings. The lowest BCUT2D eigenvalue weighted by Gasteiger charge is -2.06. The van der Waals surface area contributed by atoms with Gasteiger partial charge in [-0.15, -0.1) is 0 Å². The van der Waals surface area contributed by atoms with Gasteiger partial charge in [-0.05, 0) is 12.1 Å². The highest BCUT2D eigenvalue weighted by Crippen LogP contribution is 2.17. The Morgan fingerprint density at radius 2 is 2.06 bits per heavy atom. The molecule has 2 N–H and O–H groups in total. The quantitative estimate of drug-likeness (QED) is 0.848. The van der Waals surface area contributed by atoms with E-state index in [4.69, 9.17) is 0 Å². The lowest BCUT2D eigenvalue weighted by atomic mass is 10.3. The van der Waals surface area contributed by atoms with E-state index in [0.717, 1.165) is 6.07 Å². The van der Waals surface area contributed by atoms with E-state index >= 15 is 0 Å². The maximum Gasteiger partial charge on any atom is 0.263 e. The Hall–Kier alpha value is -2.15. The van der Waals surface area contributed by atoms with Crippen molar-refractivity contribution in [3.8, 4) is 5.75 Å². The standard InChI is InChI=1S/C10H9N3O3S/c14-8-2-1-3-9(6-8)17(15,16)13-10-7-11-4-5-12-10/h1-7,14H,(H,12,13). The van der Waals surface area contributed by atoms with Crippen molar-refractivity contribution >= 4 is 15.8 Å². The highest BCUT2D eigenvalue weighted by atomic mass is 32.2. The van der Waals surface area contributed by atoms with E-state index in [1.54, 1.807) is 0 Å². The van der Waals surface area contributed by atoms with Crippen molar-refractivity contribution in [3.63, 3.8) is 0 Å². The molecule has 0 amide bonds. The van der Waals surface area contributed by atoms with Crippen LogP contribution in [-0.2, 0) is 10.0 Å². The molecule has 0 aliphatic rings. The van der Waals surface area contributed by atoms with Crippen molar-refractivity contribution in [2.75, 3.05) is 4.72 Å². The van der Waals surface area contributed by atoms with Crippen LogP contribution in [0.1, 0.15) is 0 Å². The summed E-state index contributed by atoms with van der Waals surface area (Å²) in [6.45, 7) is 0. The van der Waals surface area contributed by atoms with Crippen molar-refractivity contribution < 1.29 is 13.5 Å². The Morgan fingerprint density at radius 3 is 2.71 bits per heavy atom. The van der Waals surface area contributed by atoms with Gasteiger partial charge in [0.15, 0.2) is 5.82 Å². The van der Waals surface area contributed by atoms with E-state index in [0.29, 0.717) is 0 Å². The number of nitrogens with one attached hydrogen (secondary N) is 1. The number of aromatic nitrogens is 2. The van der Waals surface area contributed by atoms with Crippen LogP contribution in [0, 0.1) is 0 Å². The van der Waals surface area contributed by atoms with Gasteiger partial charge in [-0.2, -0.15) is 0 Å². The Labute approximate surface area is 98.0 Å². The molecule has 6 nitrogen and oxygen atoms in total. The fourth-order valence-electron chi connectivity index (χ4n) is 1.20. The van der Waals surface area contributed by atoms with Crippen molar-refractivity contribution in [2.45, 2.75) is 4.90 Å². The van der Waals surface area contributed by atoms with E-state index in [2.05, 4.69) is 14.7 Å². The van der Waals surface area contributed by atoms with E-state index < -0.39 is 10.0 Å². The predicted molar refractivity (Wildman–Crippen MR) is 60.9 cm³/mol. The fourth-order valence-corrected chi connectivity index (χ4v) is 2.23. The van der Waals surface area contributed by atoms with Crippen LogP contribution in [0.2, 0.25) is 0 Å². The minimum atomic E-state index is -3.75. The van der Waals surface area contributed by atoms with Gasteiger partial charge in [0.05, 0.1) is 11.1 Å². The molecule has 0 saturated carbocycles. The zero-order valence-corrected chi connectivity index (χ0v) is 9.42. The topological polar surface area (TPSA) is 92.2 Å². The molecule has 0 saturated heterocycles. The molecule has 7 heteroatoms. The average Bonchev–Trinajstić information content (AvgIpc) is 2.30. The highest BCUT2D eigenvalue weighted by molar-refractivity contribution is 7.92. The van der Waals surface area contributed by atoms with Crippen molar-refractivity contribution in [3.05, 3.63) is 42.9 Å². The number of phenols is 1. The van der Waals surface area contributed by atoms with Crippen molar-refractivity contribution in [2.24, 2.45) is 0 Å². The second-order valence-corrected chi connectivity index (χ2v) is 4.88. The number of nitrogens with zero attached hydrogens (tertiary/aromatic N) is 2. The number of sulfonamides is 1. The van der Waals surface area contributed by atoms with Gasteiger partial charge >= 0.3 is 0 Å². The summed E-state index contributed by atoms with van der Waals surface area (Å²) in [6.07, 6.45) is 4.10. The lowest BCUT2D eigenvalue weighted by Crippen LogP contribution is -2.13. The zero-order valence-electron chi connectivity index (χ0n) is 8.61. The molecule has 88 valence electrons. The van der Waals surface area contributed by atoms with Gasteiger partial charge in [-0.3, -0.25) is 9.71 Å². The van der Waals surface area contributed by atoms with E-state index in [1.807, 2.05) is 0 Å².